The molecule has 1 aromatic rings. The van der Waals surface area contributed by atoms with Gasteiger partial charge in [-0.15, -0.1) is 0 Å². The largest absolute Gasteiger partial charge is 0.481 e. The zero-order chi connectivity index (χ0) is 12.3. The van der Waals surface area contributed by atoms with Crippen molar-refractivity contribution in [3.8, 4) is 5.88 Å². The third-order valence-corrected chi connectivity index (χ3v) is 2.93. The third kappa shape index (κ3) is 2.76. The number of ether oxygens (including phenoxy) is 2. The van der Waals surface area contributed by atoms with E-state index in [4.69, 9.17) is 15.2 Å². The van der Waals surface area contributed by atoms with Crippen LogP contribution in [0.25, 0.3) is 0 Å². The van der Waals surface area contributed by atoms with Crippen LogP contribution in [0, 0.1) is 5.92 Å². The first-order chi connectivity index (χ1) is 8.22. The van der Waals surface area contributed by atoms with Crippen LogP contribution in [0.2, 0.25) is 0 Å². The Labute approximate surface area is 101 Å². The number of hydrogen-bond donors (Lipinski definition) is 1. The number of aromatic nitrogens is 2. The molecule has 0 bridgehead atoms. The van der Waals surface area contributed by atoms with Gasteiger partial charge < -0.3 is 20.1 Å². The summed E-state index contributed by atoms with van der Waals surface area (Å²) < 4.78 is 10.3. The molecule has 2 N–H and O–H groups in total. The van der Waals surface area contributed by atoms with Gasteiger partial charge in [-0.05, 0) is 6.42 Å². The van der Waals surface area contributed by atoms with E-state index in [9.17, 15) is 0 Å². The van der Waals surface area contributed by atoms with Crippen LogP contribution in [-0.2, 0) is 4.74 Å². The molecule has 6 nitrogen and oxygen atoms in total. The minimum atomic E-state index is 0.245. The van der Waals surface area contributed by atoms with E-state index in [-0.39, 0.29) is 5.95 Å². The van der Waals surface area contributed by atoms with E-state index in [2.05, 4.69) is 14.9 Å². The highest BCUT2D eigenvalue weighted by atomic mass is 16.5. The predicted octanol–water partition coefficient (Wildman–Crippen LogP) is 0.540. The summed E-state index contributed by atoms with van der Waals surface area (Å²) in [5.41, 5.74) is 5.64. The molecule has 1 unspecified atom stereocenters. The van der Waals surface area contributed by atoms with Gasteiger partial charge in [0.2, 0.25) is 11.8 Å². The molecule has 1 aromatic heterocycles. The number of rotatable bonds is 4. The first-order valence-corrected chi connectivity index (χ1v) is 5.65. The molecule has 1 fully saturated rings. The van der Waals surface area contributed by atoms with Crippen molar-refractivity contribution in [2.24, 2.45) is 5.92 Å². The Hall–Kier alpha value is -1.56. The summed E-state index contributed by atoms with van der Waals surface area (Å²) in [6.07, 6.45) is 1.11. The summed E-state index contributed by atoms with van der Waals surface area (Å²) in [7, 11) is 3.30. The van der Waals surface area contributed by atoms with E-state index >= 15 is 0 Å². The van der Waals surface area contributed by atoms with Crippen molar-refractivity contribution in [2.45, 2.75) is 6.42 Å². The van der Waals surface area contributed by atoms with E-state index in [0.29, 0.717) is 11.8 Å². The summed E-state index contributed by atoms with van der Waals surface area (Å²) in [6.45, 7) is 2.69. The summed E-state index contributed by atoms with van der Waals surface area (Å²) in [6, 6.07) is 1.81. The molecule has 2 rings (SSSR count). The fourth-order valence-electron chi connectivity index (χ4n) is 2.11. The molecule has 6 heteroatoms. The van der Waals surface area contributed by atoms with Crippen molar-refractivity contribution in [2.75, 3.05) is 44.5 Å². The molecule has 0 aliphatic carbocycles. The van der Waals surface area contributed by atoms with Gasteiger partial charge in [-0.1, -0.05) is 0 Å². The fraction of sp³-hybridized carbons (Fsp3) is 0.636. The lowest BCUT2D eigenvalue weighted by Gasteiger charge is -2.18. The van der Waals surface area contributed by atoms with Crippen molar-refractivity contribution in [3.63, 3.8) is 0 Å². The molecular formula is C11H18N4O2. The minimum Gasteiger partial charge on any atom is -0.481 e. The highest BCUT2D eigenvalue weighted by Crippen LogP contribution is 2.25. The number of methoxy groups -OCH3 is 2. The van der Waals surface area contributed by atoms with E-state index in [1.165, 1.54) is 0 Å². The normalized spacial score (nSPS) is 19.6. The maximum Gasteiger partial charge on any atom is 0.225 e. The highest BCUT2D eigenvalue weighted by Gasteiger charge is 2.24. The molecule has 0 saturated carbocycles. The average molecular weight is 238 g/mol. The topological polar surface area (TPSA) is 73.5 Å². The quantitative estimate of drug-likeness (QED) is 0.825. The van der Waals surface area contributed by atoms with Crippen molar-refractivity contribution in [3.05, 3.63) is 6.07 Å². The Morgan fingerprint density at radius 1 is 1.47 bits per heavy atom. The molecule has 1 aliphatic rings. The molecule has 17 heavy (non-hydrogen) atoms. The van der Waals surface area contributed by atoms with E-state index in [0.717, 1.165) is 31.9 Å². The smallest absolute Gasteiger partial charge is 0.225 e. The van der Waals surface area contributed by atoms with Crippen LogP contribution in [0.5, 0.6) is 5.88 Å². The lowest BCUT2D eigenvalue weighted by atomic mass is 10.1. The van der Waals surface area contributed by atoms with Crippen molar-refractivity contribution >= 4 is 11.8 Å². The highest BCUT2D eigenvalue weighted by molar-refractivity contribution is 5.46. The molecule has 1 aliphatic heterocycles. The number of nitrogens with two attached hydrogens (primary N) is 1. The summed E-state index contributed by atoms with van der Waals surface area (Å²) in [5, 5.41) is 0. The molecule has 2 heterocycles. The molecule has 0 aromatic carbocycles. The van der Waals surface area contributed by atoms with Crippen LogP contribution < -0.4 is 15.4 Å². The van der Waals surface area contributed by atoms with Crippen molar-refractivity contribution in [1.29, 1.82) is 0 Å². The maximum absolute atomic E-state index is 5.64. The van der Waals surface area contributed by atoms with Crippen LogP contribution >= 0.6 is 0 Å². The number of anilines is 2. The van der Waals surface area contributed by atoms with Gasteiger partial charge in [-0.3, -0.25) is 0 Å². The van der Waals surface area contributed by atoms with Gasteiger partial charge in [0.05, 0.1) is 13.7 Å². The van der Waals surface area contributed by atoms with Crippen LogP contribution in [0.4, 0.5) is 11.8 Å². The summed E-state index contributed by atoms with van der Waals surface area (Å²) >= 11 is 0. The number of nitrogens with zero attached hydrogens (tertiary/aromatic N) is 3. The van der Waals surface area contributed by atoms with Crippen LogP contribution in [-0.4, -0.2) is 43.9 Å². The Morgan fingerprint density at radius 3 is 3.00 bits per heavy atom. The molecule has 0 radical (unpaired) electrons. The Bertz CT molecular complexity index is 386. The molecular weight excluding hydrogens is 220 g/mol. The molecule has 94 valence electrons. The molecule has 1 atom stereocenters. The van der Waals surface area contributed by atoms with Gasteiger partial charge in [0, 0.05) is 32.2 Å². The molecule has 1 saturated heterocycles. The van der Waals surface area contributed by atoms with Crippen molar-refractivity contribution < 1.29 is 9.47 Å². The Balaban J connectivity index is 2.10. The maximum atomic E-state index is 5.64. The SMILES string of the molecule is COCC1CCN(c2cc(OC)nc(N)n2)C1. The fourth-order valence-corrected chi connectivity index (χ4v) is 2.11. The van der Waals surface area contributed by atoms with Gasteiger partial charge >= 0.3 is 0 Å². The zero-order valence-corrected chi connectivity index (χ0v) is 10.2. The monoisotopic (exact) mass is 238 g/mol. The summed E-state index contributed by atoms with van der Waals surface area (Å²) in [4.78, 5) is 10.4. The van der Waals surface area contributed by atoms with Gasteiger partial charge in [0.15, 0.2) is 0 Å². The lowest BCUT2D eigenvalue weighted by molar-refractivity contribution is 0.161. The number of nitrogen functional groups attached to an aromatic ring is 1. The predicted molar refractivity (Wildman–Crippen MR) is 65.2 cm³/mol. The van der Waals surface area contributed by atoms with Crippen LogP contribution in [0.1, 0.15) is 6.42 Å². The van der Waals surface area contributed by atoms with Gasteiger partial charge in [-0.2, -0.15) is 9.97 Å². The van der Waals surface area contributed by atoms with Crippen molar-refractivity contribution in [1.82, 2.24) is 9.97 Å². The standard InChI is InChI=1S/C11H18N4O2/c1-16-7-8-3-4-15(6-8)9-5-10(17-2)14-11(12)13-9/h5,8H,3-4,6-7H2,1-2H3,(H2,12,13,14). The van der Waals surface area contributed by atoms with Gasteiger partial charge in [-0.25, -0.2) is 0 Å². The van der Waals surface area contributed by atoms with Crippen LogP contribution in [0.15, 0.2) is 6.07 Å². The van der Waals surface area contributed by atoms with Crippen LogP contribution in [0.3, 0.4) is 0 Å². The minimum absolute atomic E-state index is 0.245. The van der Waals surface area contributed by atoms with E-state index in [1.54, 1.807) is 14.2 Å². The second kappa shape index (κ2) is 5.18. The first-order valence-electron chi connectivity index (χ1n) is 5.65. The lowest BCUT2D eigenvalue weighted by Crippen LogP contribution is -2.22. The molecule has 0 spiro atoms. The van der Waals surface area contributed by atoms with E-state index in [1.807, 2.05) is 6.07 Å². The van der Waals surface area contributed by atoms with E-state index < -0.39 is 0 Å². The molecule has 0 amide bonds. The third-order valence-electron chi connectivity index (χ3n) is 2.93. The number of hydrogen-bond acceptors (Lipinski definition) is 6. The second-order valence-electron chi connectivity index (χ2n) is 4.18. The van der Waals surface area contributed by atoms with Gasteiger partial charge in [0.25, 0.3) is 0 Å². The average Bonchev–Trinajstić information content (AvgIpc) is 2.77. The van der Waals surface area contributed by atoms with Gasteiger partial charge in [0.1, 0.15) is 5.82 Å². The zero-order valence-electron chi connectivity index (χ0n) is 10.2. The Morgan fingerprint density at radius 2 is 2.29 bits per heavy atom. The second-order valence-corrected chi connectivity index (χ2v) is 4.18. The first kappa shape index (κ1) is 11.9. The Kier molecular flexibility index (Phi) is 3.63. The summed E-state index contributed by atoms with van der Waals surface area (Å²) in [5.74, 6) is 2.13.